The Kier molecular flexibility index (Phi) is 14.4. The van der Waals surface area contributed by atoms with Crippen LogP contribution in [0, 0.1) is 48.5 Å². The van der Waals surface area contributed by atoms with Crippen LogP contribution >= 0.6 is 0 Å². The standard InChI is InChI=1S/C72H44N4/c1-5-31-69-61(23-1)49-73-65-27-11-19-57(45-65)39-35-53-15-9-16-54(43-53)37-41-59-21-13-29-67(47-59)75-51-63-25-3-7-33-71(63)72-34-8-4-26-64(72)52-76-68-30-14-22-60(48-68)42-38-56-18-10-17-55(44-56)36-40-58-20-12-28-66(46-58)74-50-62-24-2-6-32-70(62)69/h1-34,43-52H. The molecule has 1 heterocycles. The van der Waals surface area contributed by atoms with Gasteiger partial charge in [0.05, 0.1) is 22.1 Å². The molecule has 0 radical (unpaired) electrons. The summed E-state index contributed by atoms with van der Waals surface area (Å²) in [6.45, 7) is 0. The number of hydrogen-bond acceptors (Lipinski definition) is 4. The molecule has 10 aromatic carbocycles. The summed E-state index contributed by atoms with van der Waals surface area (Å²) in [6, 6.07) is 108. The molecule has 1 aromatic heterocycles. The Labute approximate surface area is 441 Å². The first-order valence-corrected chi connectivity index (χ1v) is 24.8. The molecule has 0 atom stereocenters. The third-order valence-corrected chi connectivity index (χ3v) is 12.3. The van der Waals surface area contributed by atoms with Crippen LogP contribution in [-0.4, -0.2) is 19.9 Å². The van der Waals surface area contributed by atoms with Gasteiger partial charge in [0.2, 0.25) is 0 Å². The molecule has 0 aliphatic rings. The summed E-state index contributed by atoms with van der Waals surface area (Å²) in [7, 11) is 0. The number of fused-ring (bicyclic) bond motifs is 18. The molecular weight excluding hydrogens is 921 g/mol. The van der Waals surface area contributed by atoms with E-state index < -0.39 is 0 Å². The van der Waals surface area contributed by atoms with E-state index in [4.69, 9.17) is 19.9 Å². The molecule has 0 saturated heterocycles. The topological polar surface area (TPSA) is 51.6 Å². The summed E-state index contributed by atoms with van der Waals surface area (Å²) < 4.78 is 0. The van der Waals surface area contributed by atoms with Crippen molar-refractivity contribution in [2.45, 2.75) is 0 Å². The summed E-state index contributed by atoms with van der Waals surface area (Å²) in [5.41, 5.74) is 3.21. The third-order valence-electron chi connectivity index (χ3n) is 12.3. The van der Waals surface area contributed by atoms with Gasteiger partial charge in [0, 0.05) is 89.4 Å². The summed E-state index contributed by atoms with van der Waals surface area (Å²) >= 11 is 0. The van der Waals surface area contributed by atoms with Crippen LogP contribution in [0.15, 0.2) is 267 Å². The van der Waals surface area contributed by atoms with E-state index in [-0.39, 0.29) is 0 Å². The van der Waals surface area contributed by atoms with Crippen molar-refractivity contribution >= 4 is 108 Å². The van der Waals surface area contributed by atoms with Gasteiger partial charge in [-0.3, -0.25) is 19.9 Å². The normalized spacial score (nSPS) is 10.2. The molecule has 11 aromatic rings. The highest BCUT2D eigenvalue weighted by atomic mass is 14.6. The van der Waals surface area contributed by atoms with Crippen molar-refractivity contribution in [3.63, 3.8) is 0 Å². The molecular formula is C72H44N4. The van der Waals surface area contributed by atoms with Gasteiger partial charge < -0.3 is 0 Å². The molecule has 4 heteroatoms. The maximum Gasteiger partial charge on any atom is 0.0642 e. The van der Waals surface area contributed by atoms with Crippen LogP contribution in [0.3, 0.4) is 0 Å². The molecule has 12 bridgehead atoms. The Morgan fingerprint density at radius 2 is 0.382 bits per heavy atom. The Hall–Kier alpha value is -10.9. The lowest BCUT2D eigenvalue weighted by molar-refractivity contribution is 1.44. The van der Waals surface area contributed by atoms with E-state index in [0.717, 1.165) is 108 Å². The van der Waals surface area contributed by atoms with Gasteiger partial charge in [0.25, 0.3) is 0 Å². The SMILES string of the molecule is c1c2cccc(c#cc3cccc(c3)ncc3ccccc3c3ccccc3cnc3cccc(c#cc4cccc(c#cc5cccc(c5)ncc5ccccc5c5ccccc5cnc5cccc(c#1)c5)c4)c3)c2. The van der Waals surface area contributed by atoms with Crippen LogP contribution in [-0.2, 0) is 0 Å². The Balaban J connectivity index is 1.06. The fraction of sp³-hybridized carbons (Fsp3) is 0. The summed E-state index contributed by atoms with van der Waals surface area (Å²) in [5, 5.41) is 15.0. The largest absolute Gasteiger partial charge is 0.256 e. The molecule has 11 rings (SSSR count). The van der Waals surface area contributed by atoms with Crippen LogP contribution in [0.4, 0.5) is 0 Å². The third kappa shape index (κ3) is 12.2. The number of aromatic nitrogens is 4. The van der Waals surface area contributed by atoms with Crippen molar-refractivity contribution in [1.82, 2.24) is 19.9 Å². The summed E-state index contributed by atoms with van der Waals surface area (Å²) in [6.07, 6.45) is 7.66. The van der Waals surface area contributed by atoms with Crippen LogP contribution in [0.25, 0.3) is 108 Å². The second-order valence-corrected chi connectivity index (χ2v) is 17.7. The second kappa shape index (κ2) is 23.1. The van der Waals surface area contributed by atoms with E-state index >= 15 is 0 Å². The molecule has 0 spiro atoms. The molecule has 0 aliphatic heterocycles. The van der Waals surface area contributed by atoms with Crippen molar-refractivity contribution < 1.29 is 0 Å². The monoisotopic (exact) mass is 964 g/mol. The van der Waals surface area contributed by atoms with Crippen LogP contribution in [0.5, 0.6) is 0 Å². The predicted octanol–water partition coefficient (Wildman–Crippen LogP) is 17.6. The van der Waals surface area contributed by atoms with E-state index in [9.17, 15) is 0 Å². The molecule has 0 fully saturated rings. The van der Waals surface area contributed by atoms with E-state index in [1.807, 2.05) is 219 Å². The minimum atomic E-state index is 0.804. The molecule has 4 nitrogen and oxygen atoms in total. The first-order chi connectivity index (χ1) is 37.6. The van der Waals surface area contributed by atoms with Crippen molar-refractivity contribution in [2.75, 3.05) is 0 Å². The zero-order valence-electron chi connectivity index (χ0n) is 41.2. The van der Waals surface area contributed by atoms with E-state index in [1.165, 1.54) is 0 Å². The second-order valence-electron chi connectivity index (χ2n) is 17.7. The van der Waals surface area contributed by atoms with Crippen LogP contribution < -0.4 is 0 Å². The quantitative estimate of drug-likeness (QED) is 0.152. The van der Waals surface area contributed by atoms with Gasteiger partial charge in [-0.1, -0.05) is 182 Å². The maximum atomic E-state index is 4.92. The van der Waals surface area contributed by atoms with Crippen LogP contribution in [0.2, 0.25) is 0 Å². The van der Waals surface area contributed by atoms with Crippen LogP contribution in [0.1, 0.15) is 0 Å². The van der Waals surface area contributed by atoms with Gasteiger partial charge in [-0.05, 0) is 131 Å². The van der Waals surface area contributed by atoms with Gasteiger partial charge in [-0.2, -0.15) is 0 Å². The fourth-order valence-corrected chi connectivity index (χ4v) is 8.58. The lowest BCUT2D eigenvalue weighted by Gasteiger charge is -1.98. The molecule has 0 saturated carbocycles. The number of hydrogen-bond donors (Lipinski definition) is 0. The molecule has 352 valence electrons. The molecule has 76 heavy (non-hydrogen) atoms. The predicted molar refractivity (Wildman–Crippen MR) is 316 cm³/mol. The number of benzene rings is 10. The number of rotatable bonds is 0. The first-order valence-electron chi connectivity index (χ1n) is 24.8. The maximum absolute atomic E-state index is 4.92. The average Bonchev–Trinajstić information content (AvgIpc) is 3.48. The van der Waals surface area contributed by atoms with Crippen molar-refractivity contribution in [1.29, 1.82) is 0 Å². The highest BCUT2D eigenvalue weighted by Gasteiger charge is 1.98. The van der Waals surface area contributed by atoms with E-state index in [0.29, 0.717) is 0 Å². The number of nitrogens with zero attached hydrogens (tertiary/aromatic N) is 4. The van der Waals surface area contributed by atoms with Crippen molar-refractivity contribution in [2.24, 2.45) is 0 Å². The smallest absolute Gasteiger partial charge is 0.0642 e. The Morgan fingerprint density at radius 1 is 0.184 bits per heavy atom. The molecule has 0 unspecified atom stereocenters. The lowest BCUT2D eigenvalue weighted by atomic mass is 10.1. The van der Waals surface area contributed by atoms with Gasteiger partial charge in [0.1, 0.15) is 0 Å². The fourth-order valence-electron chi connectivity index (χ4n) is 8.58. The van der Waals surface area contributed by atoms with E-state index in [1.54, 1.807) is 0 Å². The van der Waals surface area contributed by atoms with Gasteiger partial charge in [0.15, 0.2) is 0 Å². The van der Waals surface area contributed by atoms with Crippen molar-refractivity contribution in [3.05, 3.63) is 316 Å². The lowest BCUT2D eigenvalue weighted by Crippen LogP contribution is -1.76. The highest BCUT2D eigenvalue weighted by Crippen LogP contribution is 2.23. The molecule has 0 N–H and O–H groups in total. The summed E-state index contributed by atoms with van der Waals surface area (Å²) in [4.78, 5) is 19.7. The zero-order chi connectivity index (χ0) is 51.1. The molecule has 0 amide bonds. The van der Waals surface area contributed by atoms with Crippen molar-refractivity contribution in [3.8, 4) is 0 Å². The minimum absolute atomic E-state index is 0.804. The zero-order valence-corrected chi connectivity index (χ0v) is 41.2. The van der Waals surface area contributed by atoms with Gasteiger partial charge in [-0.25, -0.2) is 0 Å². The van der Waals surface area contributed by atoms with E-state index in [2.05, 4.69) is 97.1 Å². The average molecular weight is 965 g/mol. The Morgan fingerprint density at radius 3 is 0.618 bits per heavy atom. The Bertz CT molecular complexity index is 3990. The minimum Gasteiger partial charge on any atom is -0.256 e. The highest BCUT2D eigenvalue weighted by molar-refractivity contribution is 6.05. The van der Waals surface area contributed by atoms with Gasteiger partial charge >= 0.3 is 0 Å². The summed E-state index contributed by atoms with van der Waals surface area (Å²) in [5.74, 6) is 0. The first kappa shape index (κ1) is 47.4. The van der Waals surface area contributed by atoms with Gasteiger partial charge in [-0.15, -0.1) is 0 Å². The molecule has 0 aliphatic carbocycles.